The lowest BCUT2D eigenvalue weighted by atomic mass is 10.0. The molecule has 1 heterocycles. The second kappa shape index (κ2) is 10.4. The number of carboxylic acid groups (broad SMARTS) is 1. The second-order valence-corrected chi connectivity index (χ2v) is 8.63. The Bertz CT molecular complexity index is 1430. The van der Waals surface area contributed by atoms with E-state index in [2.05, 4.69) is 15.6 Å². The molecule has 0 atom stereocenters. The third-order valence-electron chi connectivity index (χ3n) is 5.55. The lowest BCUT2D eigenvalue weighted by Crippen LogP contribution is -2.30. The minimum absolute atomic E-state index is 0.0476. The maximum atomic E-state index is 13.3. The zero-order valence-corrected chi connectivity index (χ0v) is 20.7. The molecule has 0 saturated carbocycles. The molecule has 10 nitrogen and oxygen atoms in total. The van der Waals surface area contributed by atoms with E-state index in [0.29, 0.717) is 16.8 Å². The predicted molar refractivity (Wildman–Crippen MR) is 140 cm³/mol. The minimum Gasteiger partial charge on any atom is -0.505 e. The number of ether oxygens (including phenoxy) is 2. The zero-order valence-electron chi connectivity index (χ0n) is 20.7. The van der Waals surface area contributed by atoms with E-state index >= 15 is 0 Å². The number of aromatic hydroxyl groups is 1. The summed E-state index contributed by atoms with van der Waals surface area (Å²) in [6.45, 7) is 7.56. The maximum Gasteiger partial charge on any atom is 0.511 e. The highest BCUT2D eigenvalue weighted by Gasteiger charge is 2.35. The van der Waals surface area contributed by atoms with E-state index in [1.165, 1.54) is 17.1 Å². The first-order chi connectivity index (χ1) is 17.6. The molecule has 0 aromatic heterocycles. The summed E-state index contributed by atoms with van der Waals surface area (Å²) in [4.78, 5) is 24.1. The van der Waals surface area contributed by atoms with Gasteiger partial charge in [0.1, 0.15) is 11.5 Å². The molecule has 3 aromatic rings. The first kappa shape index (κ1) is 25.2. The summed E-state index contributed by atoms with van der Waals surface area (Å²) in [5.41, 5.74) is 6.52. The Morgan fingerprint density at radius 2 is 1.81 bits per heavy atom. The van der Waals surface area contributed by atoms with Gasteiger partial charge in [0.05, 0.1) is 17.5 Å². The average Bonchev–Trinajstić information content (AvgIpc) is 3.14. The molecule has 0 radical (unpaired) electrons. The van der Waals surface area contributed by atoms with Gasteiger partial charge in [-0.1, -0.05) is 30.3 Å². The third kappa shape index (κ3) is 5.53. The summed E-state index contributed by atoms with van der Waals surface area (Å²) in [6, 6.07) is 16.8. The Kier molecular flexibility index (Phi) is 7.10. The Hall–Kier alpha value is -4.86. The van der Waals surface area contributed by atoms with Crippen molar-refractivity contribution in [3.63, 3.8) is 0 Å². The number of carbonyl (C=O) groups is 2. The number of nitrogens with one attached hydrogen (secondary N) is 1. The van der Waals surface area contributed by atoms with Crippen LogP contribution in [0.2, 0.25) is 0 Å². The predicted octanol–water partition coefficient (Wildman–Crippen LogP) is 5.29. The van der Waals surface area contributed by atoms with Crippen LogP contribution in [0, 0.1) is 13.8 Å². The molecule has 37 heavy (non-hydrogen) atoms. The molecule has 0 bridgehead atoms. The van der Waals surface area contributed by atoms with Crippen LogP contribution in [-0.4, -0.2) is 40.0 Å². The number of para-hydroxylation sites is 1. The fourth-order valence-corrected chi connectivity index (χ4v) is 3.62. The van der Waals surface area contributed by atoms with Gasteiger partial charge in [0.2, 0.25) is 5.71 Å². The van der Waals surface area contributed by atoms with Crippen molar-refractivity contribution >= 4 is 35.0 Å². The van der Waals surface area contributed by atoms with Gasteiger partial charge in [0, 0.05) is 5.56 Å². The molecule has 0 aliphatic carbocycles. The van der Waals surface area contributed by atoms with Crippen molar-refractivity contribution in [2.75, 3.05) is 10.4 Å². The van der Waals surface area contributed by atoms with Crippen molar-refractivity contribution in [3.05, 3.63) is 71.8 Å². The highest BCUT2D eigenvalue weighted by molar-refractivity contribution is 6.70. The third-order valence-corrected chi connectivity index (χ3v) is 5.55. The van der Waals surface area contributed by atoms with Gasteiger partial charge < -0.3 is 19.7 Å². The molecule has 0 spiro atoms. The molecule has 0 unspecified atom stereocenters. The Labute approximate surface area is 213 Å². The van der Waals surface area contributed by atoms with E-state index in [4.69, 9.17) is 14.6 Å². The van der Waals surface area contributed by atoms with Crippen molar-refractivity contribution in [2.24, 2.45) is 10.2 Å². The van der Waals surface area contributed by atoms with E-state index in [1.807, 2.05) is 39.8 Å². The summed E-state index contributed by atoms with van der Waals surface area (Å²) in [7, 11) is 0. The van der Waals surface area contributed by atoms with Crippen LogP contribution >= 0.6 is 0 Å². The topological polar surface area (TPSA) is 133 Å². The number of carbonyl (C=O) groups excluding carboxylic acids is 1. The highest BCUT2D eigenvalue weighted by atomic mass is 16.7. The van der Waals surface area contributed by atoms with Crippen LogP contribution < -0.4 is 15.2 Å². The van der Waals surface area contributed by atoms with Gasteiger partial charge in [-0.2, -0.15) is 10.1 Å². The summed E-state index contributed by atoms with van der Waals surface area (Å²) in [5, 5.41) is 29.6. The van der Waals surface area contributed by atoms with Gasteiger partial charge in [-0.3, -0.25) is 10.2 Å². The number of phenolic OH excluding ortho intramolecular Hbond substituents is 1. The monoisotopic (exact) mass is 502 g/mol. The van der Waals surface area contributed by atoms with Crippen LogP contribution in [0.5, 0.6) is 11.5 Å². The minimum atomic E-state index is -1.44. The molecule has 0 saturated heterocycles. The van der Waals surface area contributed by atoms with E-state index in [9.17, 15) is 14.7 Å². The summed E-state index contributed by atoms with van der Waals surface area (Å²) in [6.07, 6.45) is -1.70. The number of amides is 1. The molecule has 1 amide bonds. The second-order valence-electron chi connectivity index (χ2n) is 8.63. The number of aryl methyl sites for hydroxylation is 2. The molecule has 3 N–H and O–H groups in total. The first-order valence-corrected chi connectivity index (χ1v) is 11.5. The standard InChI is InChI=1S/C27H26N4O6/c1-15(2)36-25-23(26(33)31(30-25)19-12-11-16(3)17(4)13-19)29-28-22-10-6-9-21(24(22)32)18-7-5-8-20(14-18)37-27(34)35/h5-15,28,32H,1-4H3,(H,34,35). The average molecular weight is 503 g/mol. The van der Waals surface area contributed by atoms with Crippen molar-refractivity contribution in [2.45, 2.75) is 33.8 Å². The van der Waals surface area contributed by atoms with Crippen molar-refractivity contribution in [3.8, 4) is 22.6 Å². The largest absolute Gasteiger partial charge is 0.511 e. The number of hydrogen-bond donors (Lipinski definition) is 3. The van der Waals surface area contributed by atoms with Gasteiger partial charge in [0.15, 0.2) is 0 Å². The summed E-state index contributed by atoms with van der Waals surface area (Å²) < 4.78 is 10.5. The smallest absolute Gasteiger partial charge is 0.505 e. The fraction of sp³-hybridized carbons (Fsp3) is 0.185. The number of rotatable bonds is 6. The van der Waals surface area contributed by atoms with Gasteiger partial charge in [-0.25, -0.2) is 4.79 Å². The lowest BCUT2D eigenvalue weighted by molar-refractivity contribution is -0.112. The van der Waals surface area contributed by atoms with E-state index in [-0.39, 0.29) is 34.9 Å². The highest BCUT2D eigenvalue weighted by Crippen LogP contribution is 2.37. The molecule has 190 valence electrons. The molecular weight excluding hydrogens is 476 g/mol. The van der Waals surface area contributed by atoms with Crippen LogP contribution in [-0.2, 0) is 9.53 Å². The quantitative estimate of drug-likeness (QED) is 0.181. The van der Waals surface area contributed by atoms with Crippen molar-refractivity contribution in [1.29, 1.82) is 0 Å². The normalized spacial score (nSPS) is 14.2. The number of anilines is 2. The molecule has 1 aliphatic heterocycles. The Morgan fingerprint density at radius 1 is 1.05 bits per heavy atom. The van der Waals surface area contributed by atoms with Crippen LogP contribution in [0.25, 0.3) is 11.1 Å². The van der Waals surface area contributed by atoms with E-state index < -0.39 is 12.1 Å². The lowest BCUT2D eigenvalue weighted by Gasteiger charge is -2.13. The van der Waals surface area contributed by atoms with E-state index in [1.54, 1.807) is 36.4 Å². The van der Waals surface area contributed by atoms with E-state index in [0.717, 1.165) is 11.1 Å². The summed E-state index contributed by atoms with van der Waals surface area (Å²) in [5.74, 6) is -0.475. The SMILES string of the molecule is Cc1ccc(N2N=C(OC(C)C)C(=NNc3cccc(-c4cccc(OC(=O)O)c4)c3O)C2=O)cc1C. The summed E-state index contributed by atoms with van der Waals surface area (Å²) >= 11 is 0. The molecular formula is C27H26N4O6. The van der Waals surface area contributed by atoms with Crippen molar-refractivity contribution < 1.29 is 29.3 Å². The van der Waals surface area contributed by atoms with Crippen LogP contribution in [0.1, 0.15) is 25.0 Å². The number of phenols is 1. The van der Waals surface area contributed by atoms with Crippen LogP contribution in [0.3, 0.4) is 0 Å². The number of benzene rings is 3. The zero-order chi connectivity index (χ0) is 26.7. The van der Waals surface area contributed by atoms with Gasteiger partial charge in [-0.15, -0.1) is 5.10 Å². The molecule has 10 heteroatoms. The van der Waals surface area contributed by atoms with Gasteiger partial charge in [0.25, 0.3) is 5.90 Å². The van der Waals surface area contributed by atoms with Crippen LogP contribution in [0.15, 0.2) is 70.9 Å². The molecule has 1 aliphatic rings. The number of nitrogens with zero attached hydrogens (tertiary/aromatic N) is 3. The Balaban J connectivity index is 1.64. The Morgan fingerprint density at radius 3 is 2.51 bits per heavy atom. The van der Waals surface area contributed by atoms with Crippen molar-refractivity contribution in [1.82, 2.24) is 0 Å². The van der Waals surface area contributed by atoms with Gasteiger partial charge >= 0.3 is 12.1 Å². The maximum absolute atomic E-state index is 13.3. The fourth-order valence-electron chi connectivity index (χ4n) is 3.62. The number of hydrazone groups is 2. The molecule has 3 aromatic carbocycles. The molecule has 4 rings (SSSR count). The number of hydrogen-bond acceptors (Lipinski definition) is 8. The first-order valence-electron chi connectivity index (χ1n) is 11.5. The van der Waals surface area contributed by atoms with Crippen LogP contribution in [0.4, 0.5) is 16.2 Å². The molecule has 0 fully saturated rings. The van der Waals surface area contributed by atoms with Gasteiger partial charge in [-0.05, 0) is 74.7 Å².